The van der Waals surface area contributed by atoms with Crippen LogP contribution in [0.1, 0.15) is 27.7 Å². The summed E-state index contributed by atoms with van der Waals surface area (Å²) in [6.45, 7) is -0.336. The Hall–Kier alpha value is -4.25. The van der Waals surface area contributed by atoms with Crippen LogP contribution in [-0.2, 0) is 6.18 Å². The number of benzene rings is 2. The van der Waals surface area contributed by atoms with Crippen molar-refractivity contribution in [3.05, 3.63) is 89.6 Å². The number of hydrogen-bond donors (Lipinski definition) is 4. The van der Waals surface area contributed by atoms with Crippen molar-refractivity contribution in [1.29, 1.82) is 0 Å². The number of nitrogens with zero attached hydrogens (tertiary/aromatic N) is 2. The highest BCUT2D eigenvalue weighted by atomic mass is 19.4. The van der Waals surface area contributed by atoms with Crippen molar-refractivity contribution in [2.75, 3.05) is 12.3 Å². The first kappa shape index (κ1) is 23.9. The number of aliphatic hydroxyl groups excluding tert-OH is 1. The highest BCUT2D eigenvalue weighted by Gasteiger charge is 2.32. The van der Waals surface area contributed by atoms with Gasteiger partial charge < -0.3 is 21.1 Å². The number of nitrogens with two attached hydrogens (primary N) is 1. The van der Waals surface area contributed by atoms with Crippen molar-refractivity contribution < 1.29 is 27.5 Å². The van der Waals surface area contributed by atoms with Crippen molar-refractivity contribution in [2.45, 2.75) is 12.2 Å². The third-order valence-corrected chi connectivity index (χ3v) is 5.23. The lowest BCUT2D eigenvalue weighted by atomic mass is 10.00. The maximum absolute atomic E-state index is 14.0. The van der Waals surface area contributed by atoms with Gasteiger partial charge in [0.15, 0.2) is 0 Å². The van der Waals surface area contributed by atoms with Gasteiger partial charge >= 0.3 is 6.18 Å². The number of nitrogens with one attached hydrogen (secondary N) is 2. The van der Waals surface area contributed by atoms with Crippen molar-refractivity contribution in [1.82, 2.24) is 20.3 Å². The number of alkyl halides is 3. The molecule has 1 atom stereocenters. The van der Waals surface area contributed by atoms with Gasteiger partial charge in [-0.05, 0) is 35.4 Å². The van der Waals surface area contributed by atoms with E-state index in [0.29, 0.717) is 17.2 Å². The molecule has 11 heteroatoms. The third kappa shape index (κ3) is 5.30. The van der Waals surface area contributed by atoms with Crippen molar-refractivity contribution in [2.24, 2.45) is 0 Å². The number of aliphatic hydroxyl groups is 1. The minimum Gasteiger partial charge on any atom is -0.394 e. The standard InChI is InChI=1S/C24H19F4N5O2/c25-17-7-14(6-16(9-17)24(26,27)28)18-11-31-23(29)33-21(18)15-8-19(30-10-15)22(35)32-20(12-34)13-4-2-1-3-5-13/h1-11,20,30,34H,12H2,(H,32,35)(H2,29,31,33). The fraction of sp³-hybridized carbons (Fsp3) is 0.125. The lowest BCUT2D eigenvalue weighted by molar-refractivity contribution is -0.137. The molecule has 4 aromatic rings. The van der Waals surface area contributed by atoms with Crippen LogP contribution in [0.5, 0.6) is 0 Å². The summed E-state index contributed by atoms with van der Waals surface area (Å²) in [6, 6.07) is 11.7. The molecule has 0 fully saturated rings. The van der Waals surface area contributed by atoms with Gasteiger partial charge in [-0.15, -0.1) is 0 Å². The molecule has 0 aliphatic carbocycles. The summed E-state index contributed by atoms with van der Waals surface area (Å²) in [6.07, 6.45) is -2.15. The minimum absolute atomic E-state index is 0.0904. The Kier molecular flexibility index (Phi) is 6.52. The molecule has 1 amide bonds. The Morgan fingerprint density at radius 1 is 1.11 bits per heavy atom. The van der Waals surface area contributed by atoms with Crippen LogP contribution in [0, 0.1) is 5.82 Å². The second kappa shape index (κ2) is 9.55. The molecule has 180 valence electrons. The van der Waals surface area contributed by atoms with Crippen LogP contribution in [0.3, 0.4) is 0 Å². The summed E-state index contributed by atoms with van der Waals surface area (Å²) in [5, 5.41) is 12.4. The third-order valence-electron chi connectivity index (χ3n) is 5.23. The Balaban J connectivity index is 1.68. The molecule has 2 aromatic heterocycles. The number of nitrogen functional groups attached to an aromatic ring is 1. The van der Waals surface area contributed by atoms with Crippen molar-refractivity contribution in [3.8, 4) is 22.4 Å². The van der Waals surface area contributed by atoms with Crippen LogP contribution in [0.2, 0.25) is 0 Å². The topological polar surface area (TPSA) is 117 Å². The predicted octanol–water partition coefficient (Wildman–Crippen LogP) is 4.34. The number of anilines is 1. The molecular weight excluding hydrogens is 466 g/mol. The van der Waals surface area contributed by atoms with E-state index in [0.717, 1.165) is 12.1 Å². The molecular formula is C24H19F4N5O2. The molecule has 0 saturated heterocycles. The SMILES string of the molecule is Nc1ncc(-c2cc(F)cc(C(F)(F)F)c2)c(-c2c[nH]c(C(=O)NC(CO)c3ccccc3)c2)n1. The number of hydrogen-bond acceptors (Lipinski definition) is 5. The van der Waals surface area contributed by atoms with E-state index in [1.54, 1.807) is 30.3 Å². The van der Waals surface area contributed by atoms with E-state index >= 15 is 0 Å². The second-order valence-electron chi connectivity index (χ2n) is 7.64. The zero-order valence-corrected chi connectivity index (χ0v) is 18.0. The maximum atomic E-state index is 14.0. The second-order valence-corrected chi connectivity index (χ2v) is 7.64. The van der Waals surface area contributed by atoms with Gasteiger partial charge in [0.1, 0.15) is 11.5 Å². The number of carbonyl (C=O) groups excluding carboxylic acids is 1. The van der Waals surface area contributed by atoms with E-state index in [1.165, 1.54) is 18.5 Å². The molecule has 2 aromatic carbocycles. The quantitative estimate of drug-likeness (QED) is 0.303. The Bertz CT molecular complexity index is 1360. The van der Waals surface area contributed by atoms with Gasteiger partial charge in [-0.2, -0.15) is 13.2 Å². The molecule has 0 saturated carbocycles. The molecule has 0 aliphatic rings. The Morgan fingerprint density at radius 2 is 1.86 bits per heavy atom. The fourth-order valence-corrected chi connectivity index (χ4v) is 3.55. The first-order chi connectivity index (χ1) is 16.7. The Labute approximate surface area is 196 Å². The molecule has 0 aliphatic heterocycles. The van der Waals surface area contributed by atoms with Crippen molar-refractivity contribution in [3.63, 3.8) is 0 Å². The summed E-state index contributed by atoms with van der Waals surface area (Å²) in [7, 11) is 0. The predicted molar refractivity (Wildman–Crippen MR) is 120 cm³/mol. The zero-order chi connectivity index (χ0) is 25.2. The van der Waals surface area contributed by atoms with Crippen LogP contribution in [-0.4, -0.2) is 32.6 Å². The lowest BCUT2D eigenvalue weighted by Crippen LogP contribution is -2.30. The summed E-state index contributed by atoms with van der Waals surface area (Å²) < 4.78 is 53.7. The van der Waals surface area contributed by atoms with E-state index in [4.69, 9.17) is 5.73 Å². The number of halogens is 4. The van der Waals surface area contributed by atoms with Crippen LogP contribution >= 0.6 is 0 Å². The van der Waals surface area contributed by atoms with E-state index in [9.17, 15) is 27.5 Å². The molecule has 4 rings (SSSR count). The van der Waals surface area contributed by atoms with Gasteiger partial charge in [0, 0.05) is 23.5 Å². The fourth-order valence-electron chi connectivity index (χ4n) is 3.55. The summed E-state index contributed by atoms with van der Waals surface area (Å²) >= 11 is 0. The molecule has 2 heterocycles. The number of amides is 1. The van der Waals surface area contributed by atoms with E-state index in [-0.39, 0.29) is 35.1 Å². The molecule has 5 N–H and O–H groups in total. The van der Waals surface area contributed by atoms with Gasteiger partial charge in [-0.3, -0.25) is 4.79 Å². The number of rotatable bonds is 6. The smallest absolute Gasteiger partial charge is 0.394 e. The largest absolute Gasteiger partial charge is 0.416 e. The zero-order valence-electron chi connectivity index (χ0n) is 18.0. The number of carbonyl (C=O) groups is 1. The highest BCUT2D eigenvalue weighted by molar-refractivity contribution is 5.95. The highest BCUT2D eigenvalue weighted by Crippen LogP contribution is 2.36. The van der Waals surface area contributed by atoms with E-state index < -0.39 is 29.5 Å². The van der Waals surface area contributed by atoms with Gasteiger partial charge in [-0.25, -0.2) is 14.4 Å². The molecule has 35 heavy (non-hydrogen) atoms. The number of aromatic amines is 1. The summed E-state index contributed by atoms with van der Waals surface area (Å²) in [5.74, 6) is -1.77. The summed E-state index contributed by atoms with van der Waals surface area (Å²) in [4.78, 5) is 23.5. The minimum atomic E-state index is -4.76. The molecule has 0 spiro atoms. The number of aromatic nitrogens is 3. The molecule has 1 unspecified atom stereocenters. The van der Waals surface area contributed by atoms with Gasteiger partial charge in [0.2, 0.25) is 5.95 Å². The first-order valence-electron chi connectivity index (χ1n) is 10.3. The first-order valence-corrected chi connectivity index (χ1v) is 10.3. The monoisotopic (exact) mass is 485 g/mol. The average Bonchev–Trinajstić information content (AvgIpc) is 3.32. The number of H-pyrrole nitrogens is 1. The summed E-state index contributed by atoms with van der Waals surface area (Å²) in [5.41, 5.74) is 5.74. The van der Waals surface area contributed by atoms with Crippen molar-refractivity contribution >= 4 is 11.9 Å². The molecule has 0 bridgehead atoms. The molecule has 0 radical (unpaired) electrons. The normalized spacial score (nSPS) is 12.4. The van der Waals surface area contributed by atoms with Crippen LogP contribution in [0.4, 0.5) is 23.5 Å². The van der Waals surface area contributed by atoms with E-state index in [1.807, 2.05) is 0 Å². The van der Waals surface area contributed by atoms with Crippen LogP contribution in [0.25, 0.3) is 22.4 Å². The van der Waals surface area contributed by atoms with Gasteiger partial charge in [-0.1, -0.05) is 30.3 Å². The van der Waals surface area contributed by atoms with Crippen LogP contribution < -0.4 is 11.1 Å². The maximum Gasteiger partial charge on any atom is 0.416 e. The van der Waals surface area contributed by atoms with Gasteiger partial charge in [0.05, 0.1) is 23.9 Å². The van der Waals surface area contributed by atoms with Gasteiger partial charge in [0.25, 0.3) is 5.91 Å². The Morgan fingerprint density at radius 3 is 2.54 bits per heavy atom. The lowest BCUT2D eigenvalue weighted by Gasteiger charge is -2.16. The molecule has 7 nitrogen and oxygen atoms in total. The average molecular weight is 485 g/mol. The van der Waals surface area contributed by atoms with E-state index in [2.05, 4.69) is 20.3 Å². The van der Waals surface area contributed by atoms with Crippen LogP contribution in [0.15, 0.2) is 67.0 Å².